The Labute approximate surface area is 107 Å². The van der Waals surface area contributed by atoms with E-state index in [0.29, 0.717) is 10.9 Å². The molecule has 2 heterocycles. The Morgan fingerprint density at radius 2 is 2.35 bits per heavy atom. The quantitative estimate of drug-likeness (QED) is 0.876. The number of likely N-dealkylation sites (tertiary alicyclic amines) is 1. The number of methoxy groups -OCH3 is 1. The Kier molecular flexibility index (Phi) is 4.34. The minimum Gasteiger partial charge on any atom is -0.383 e. The van der Waals surface area contributed by atoms with Crippen molar-refractivity contribution in [1.82, 2.24) is 9.88 Å². The number of nitrogens with two attached hydrogens (primary N) is 1. The summed E-state index contributed by atoms with van der Waals surface area (Å²) < 4.78 is 5.08. The summed E-state index contributed by atoms with van der Waals surface area (Å²) in [6.07, 6.45) is 3.50. The molecule has 4 nitrogen and oxygen atoms in total. The molecule has 1 aliphatic rings. The maximum absolute atomic E-state index is 6.17. The van der Waals surface area contributed by atoms with Crippen molar-refractivity contribution >= 4 is 11.6 Å². The van der Waals surface area contributed by atoms with Crippen LogP contribution in [0.1, 0.15) is 11.5 Å². The van der Waals surface area contributed by atoms with E-state index in [-0.39, 0.29) is 6.04 Å². The number of ether oxygens (including phenoxy) is 1. The minimum absolute atomic E-state index is 0.145. The average molecular weight is 256 g/mol. The first-order valence-corrected chi connectivity index (χ1v) is 6.16. The summed E-state index contributed by atoms with van der Waals surface area (Å²) in [6, 6.07) is 2.10. The van der Waals surface area contributed by atoms with Gasteiger partial charge < -0.3 is 10.5 Å². The third-order valence-corrected chi connectivity index (χ3v) is 3.41. The first-order chi connectivity index (χ1) is 8.20. The molecule has 0 aromatic carbocycles. The van der Waals surface area contributed by atoms with Gasteiger partial charge in [-0.3, -0.25) is 9.88 Å². The standard InChI is InChI=1S/C12H18ClN3O/c1-17-3-2-16-7-11(12(14)8-16)9-4-10(13)6-15-5-9/h4-6,11-12H,2-3,7-8,14H2,1H3. The number of hydrogen-bond donors (Lipinski definition) is 1. The first-order valence-electron chi connectivity index (χ1n) is 5.78. The van der Waals surface area contributed by atoms with Crippen molar-refractivity contribution in [2.24, 2.45) is 5.73 Å². The number of pyridine rings is 1. The van der Waals surface area contributed by atoms with Crippen molar-refractivity contribution in [1.29, 1.82) is 0 Å². The molecule has 0 bridgehead atoms. The highest BCUT2D eigenvalue weighted by molar-refractivity contribution is 6.30. The van der Waals surface area contributed by atoms with Crippen LogP contribution in [0, 0.1) is 0 Å². The highest BCUT2D eigenvalue weighted by atomic mass is 35.5. The van der Waals surface area contributed by atoms with E-state index < -0.39 is 0 Å². The summed E-state index contributed by atoms with van der Waals surface area (Å²) in [7, 11) is 1.72. The minimum atomic E-state index is 0.145. The van der Waals surface area contributed by atoms with Crippen LogP contribution in [0.4, 0.5) is 0 Å². The van der Waals surface area contributed by atoms with E-state index in [1.807, 2.05) is 12.3 Å². The van der Waals surface area contributed by atoms with Crippen LogP contribution in [0.3, 0.4) is 0 Å². The van der Waals surface area contributed by atoms with Gasteiger partial charge in [-0.1, -0.05) is 11.6 Å². The molecule has 1 aliphatic heterocycles. The van der Waals surface area contributed by atoms with Crippen LogP contribution in [0.25, 0.3) is 0 Å². The summed E-state index contributed by atoms with van der Waals surface area (Å²) in [5.41, 5.74) is 7.30. The van der Waals surface area contributed by atoms with Gasteiger partial charge in [0.15, 0.2) is 0 Å². The van der Waals surface area contributed by atoms with Gasteiger partial charge in [0.25, 0.3) is 0 Å². The lowest BCUT2D eigenvalue weighted by Crippen LogP contribution is -2.30. The van der Waals surface area contributed by atoms with Gasteiger partial charge in [-0.05, 0) is 11.6 Å². The Morgan fingerprint density at radius 1 is 1.53 bits per heavy atom. The molecular formula is C12H18ClN3O. The van der Waals surface area contributed by atoms with E-state index in [2.05, 4.69) is 9.88 Å². The van der Waals surface area contributed by atoms with Crippen LogP contribution in [-0.4, -0.2) is 49.3 Å². The SMILES string of the molecule is COCCN1CC(N)C(c2cncc(Cl)c2)C1. The summed E-state index contributed by atoms with van der Waals surface area (Å²) in [5.74, 6) is 0.318. The van der Waals surface area contributed by atoms with Gasteiger partial charge in [-0.25, -0.2) is 0 Å². The van der Waals surface area contributed by atoms with Gasteiger partial charge in [-0.15, -0.1) is 0 Å². The molecule has 2 N–H and O–H groups in total. The molecule has 1 aromatic rings. The maximum Gasteiger partial charge on any atom is 0.0592 e. The van der Waals surface area contributed by atoms with Crippen LogP contribution < -0.4 is 5.73 Å². The number of rotatable bonds is 4. The number of halogens is 1. The molecule has 94 valence electrons. The predicted molar refractivity (Wildman–Crippen MR) is 68.3 cm³/mol. The van der Waals surface area contributed by atoms with Crippen molar-refractivity contribution in [3.63, 3.8) is 0 Å². The van der Waals surface area contributed by atoms with E-state index >= 15 is 0 Å². The Balaban J connectivity index is 2.02. The van der Waals surface area contributed by atoms with E-state index in [1.165, 1.54) is 0 Å². The van der Waals surface area contributed by atoms with Crippen molar-refractivity contribution in [2.45, 2.75) is 12.0 Å². The molecule has 5 heteroatoms. The number of aromatic nitrogens is 1. The Bertz CT molecular complexity index is 375. The molecular weight excluding hydrogens is 238 g/mol. The molecule has 0 amide bonds. The average Bonchev–Trinajstić information content (AvgIpc) is 2.68. The Hall–Kier alpha value is -0.680. The molecule has 0 spiro atoms. The van der Waals surface area contributed by atoms with Crippen molar-refractivity contribution in [3.05, 3.63) is 29.0 Å². The number of nitrogens with zero attached hydrogens (tertiary/aromatic N) is 2. The molecule has 1 aromatic heterocycles. The molecule has 1 saturated heterocycles. The van der Waals surface area contributed by atoms with E-state index in [4.69, 9.17) is 22.1 Å². The van der Waals surface area contributed by atoms with Crippen molar-refractivity contribution in [2.75, 3.05) is 33.4 Å². The maximum atomic E-state index is 6.17. The summed E-state index contributed by atoms with van der Waals surface area (Å²) in [4.78, 5) is 6.44. The molecule has 0 saturated carbocycles. The predicted octanol–water partition coefficient (Wildman–Crippen LogP) is 1.11. The fourth-order valence-corrected chi connectivity index (χ4v) is 2.48. The summed E-state index contributed by atoms with van der Waals surface area (Å²) in [6.45, 7) is 3.52. The monoisotopic (exact) mass is 255 g/mol. The van der Waals surface area contributed by atoms with Gasteiger partial charge >= 0.3 is 0 Å². The van der Waals surface area contributed by atoms with Crippen molar-refractivity contribution in [3.8, 4) is 0 Å². The van der Waals surface area contributed by atoms with Gasteiger partial charge in [-0.2, -0.15) is 0 Å². The molecule has 2 rings (SSSR count). The third kappa shape index (κ3) is 3.16. The van der Waals surface area contributed by atoms with Gasteiger partial charge in [0.05, 0.1) is 11.6 Å². The van der Waals surface area contributed by atoms with E-state index in [9.17, 15) is 0 Å². The second-order valence-electron chi connectivity index (χ2n) is 4.46. The van der Waals surface area contributed by atoms with E-state index in [0.717, 1.165) is 31.8 Å². The zero-order chi connectivity index (χ0) is 12.3. The normalized spacial score (nSPS) is 25.4. The molecule has 0 radical (unpaired) electrons. The smallest absolute Gasteiger partial charge is 0.0592 e. The topological polar surface area (TPSA) is 51.4 Å². The van der Waals surface area contributed by atoms with Gasteiger partial charge in [0, 0.05) is 51.1 Å². The summed E-state index contributed by atoms with van der Waals surface area (Å²) >= 11 is 5.95. The zero-order valence-corrected chi connectivity index (χ0v) is 10.7. The molecule has 2 atom stereocenters. The van der Waals surface area contributed by atoms with Crippen LogP contribution >= 0.6 is 11.6 Å². The molecule has 1 fully saturated rings. The van der Waals surface area contributed by atoms with Gasteiger partial charge in [0.2, 0.25) is 0 Å². The second kappa shape index (κ2) is 5.78. The fourth-order valence-electron chi connectivity index (χ4n) is 2.30. The lowest BCUT2D eigenvalue weighted by Gasteiger charge is -2.15. The van der Waals surface area contributed by atoms with Crippen LogP contribution in [0.2, 0.25) is 5.02 Å². The Morgan fingerprint density at radius 3 is 3.06 bits per heavy atom. The molecule has 17 heavy (non-hydrogen) atoms. The lowest BCUT2D eigenvalue weighted by atomic mass is 9.97. The molecule has 0 aliphatic carbocycles. The number of hydrogen-bond acceptors (Lipinski definition) is 4. The van der Waals surface area contributed by atoms with Crippen LogP contribution in [0.5, 0.6) is 0 Å². The molecule has 2 unspecified atom stereocenters. The third-order valence-electron chi connectivity index (χ3n) is 3.21. The van der Waals surface area contributed by atoms with E-state index in [1.54, 1.807) is 13.3 Å². The second-order valence-corrected chi connectivity index (χ2v) is 4.90. The van der Waals surface area contributed by atoms with Gasteiger partial charge in [0.1, 0.15) is 0 Å². The largest absolute Gasteiger partial charge is 0.383 e. The fraction of sp³-hybridized carbons (Fsp3) is 0.583. The summed E-state index contributed by atoms with van der Waals surface area (Å²) in [5, 5.41) is 0.671. The zero-order valence-electron chi connectivity index (χ0n) is 9.97. The van der Waals surface area contributed by atoms with Crippen LogP contribution in [-0.2, 0) is 4.74 Å². The highest BCUT2D eigenvalue weighted by Gasteiger charge is 2.31. The highest BCUT2D eigenvalue weighted by Crippen LogP contribution is 2.27. The van der Waals surface area contributed by atoms with Crippen LogP contribution in [0.15, 0.2) is 18.5 Å². The van der Waals surface area contributed by atoms with Crippen molar-refractivity contribution < 1.29 is 4.74 Å². The lowest BCUT2D eigenvalue weighted by molar-refractivity contribution is 0.160. The first kappa shape index (κ1) is 12.8.